The first-order chi connectivity index (χ1) is 13.1. The molecule has 3 amide bonds. The van der Waals surface area contributed by atoms with Crippen molar-refractivity contribution in [3.63, 3.8) is 0 Å². The van der Waals surface area contributed by atoms with E-state index in [4.69, 9.17) is 0 Å². The predicted molar refractivity (Wildman–Crippen MR) is 99.8 cm³/mol. The van der Waals surface area contributed by atoms with Crippen molar-refractivity contribution in [2.75, 3.05) is 19.6 Å². The van der Waals surface area contributed by atoms with Gasteiger partial charge in [-0.1, -0.05) is 12.1 Å². The summed E-state index contributed by atoms with van der Waals surface area (Å²) in [5, 5.41) is 9.22. The molecule has 144 valence electrons. The number of hydrogen-bond donors (Lipinski definition) is 3. The second kappa shape index (κ2) is 7.78. The van der Waals surface area contributed by atoms with Crippen molar-refractivity contribution in [1.82, 2.24) is 20.9 Å². The molecular formula is C20H26N4O3. The van der Waals surface area contributed by atoms with E-state index in [-0.39, 0.29) is 24.1 Å². The van der Waals surface area contributed by atoms with E-state index in [0.717, 1.165) is 37.3 Å². The average Bonchev–Trinajstić information content (AvgIpc) is 2.99. The van der Waals surface area contributed by atoms with E-state index in [1.165, 1.54) is 12.8 Å². The van der Waals surface area contributed by atoms with E-state index in [9.17, 15) is 14.4 Å². The summed E-state index contributed by atoms with van der Waals surface area (Å²) in [6, 6.07) is 5.43. The van der Waals surface area contributed by atoms with Crippen molar-refractivity contribution in [2.24, 2.45) is 5.92 Å². The first kappa shape index (κ1) is 18.1. The van der Waals surface area contributed by atoms with Crippen molar-refractivity contribution >= 4 is 17.7 Å². The van der Waals surface area contributed by atoms with Crippen LogP contribution in [0.4, 0.5) is 0 Å². The maximum atomic E-state index is 12.8. The molecular weight excluding hydrogens is 344 g/mol. The molecule has 1 aromatic carbocycles. The van der Waals surface area contributed by atoms with Gasteiger partial charge in [0, 0.05) is 25.1 Å². The molecule has 0 radical (unpaired) electrons. The molecule has 3 N–H and O–H groups in total. The maximum Gasteiger partial charge on any atom is 0.255 e. The molecule has 3 aliphatic rings. The van der Waals surface area contributed by atoms with Crippen LogP contribution in [0.25, 0.3) is 0 Å². The smallest absolute Gasteiger partial charge is 0.255 e. The van der Waals surface area contributed by atoms with Crippen LogP contribution in [-0.2, 0) is 22.7 Å². The van der Waals surface area contributed by atoms with Crippen molar-refractivity contribution in [1.29, 1.82) is 0 Å². The highest BCUT2D eigenvalue weighted by molar-refractivity contribution is 6.05. The maximum absolute atomic E-state index is 12.8. The second-order valence-electron chi connectivity index (χ2n) is 7.72. The quantitative estimate of drug-likeness (QED) is 0.658. The van der Waals surface area contributed by atoms with Gasteiger partial charge in [0.15, 0.2) is 0 Å². The Kier molecular flexibility index (Phi) is 5.22. The molecule has 3 aliphatic heterocycles. The minimum atomic E-state index is -0.552. The molecule has 4 rings (SSSR count). The Morgan fingerprint density at radius 3 is 2.70 bits per heavy atom. The summed E-state index contributed by atoms with van der Waals surface area (Å²) in [5.41, 5.74) is 2.72. The lowest BCUT2D eigenvalue weighted by Crippen LogP contribution is -2.52. The summed E-state index contributed by atoms with van der Waals surface area (Å²) in [5.74, 6) is -0.0242. The third-order valence-corrected chi connectivity index (χ3v) is 5.81. The number of rotatable bonds is 5. The van der Waals surface area contributed by atoms with Gasteiger partial charge in [-0.2, -0.15) is 0 Å². The van der Waals surface area contributed by atoms with Gasteiger partial charge in [-0.25, -0.2) is 0 Å². The Labute approximate surface area is 158 Å². The van der Waals surface area contributed by atoms with E-state index < -0.39 is 6.04 Å². The molecule has 7 nitrogen and oxygen atoms in total. The Morgan fingerprint density at radius 2 is 1.93 bits per heavy atom. The normalized spacial score (nSPS) is 23.5. The summed E-state index contributed by atoms with van der Waals surface area (Å²) in [6.45, 7) is 4.35. The summed E-state index contributed by atoms with van der Waals surface area (Å²) < 4.78 is 0. The predicted octanol–water partition coefficient (Wildman–Crippen LogP) is 0.537. The fraction of sp³-hybridized carbons (Fsp3) is 0.550. The van der Waals surface area contributed by atoms with Gasteiger partial charge in [-0.15, -0.1) is 0 Å². The molecule has 0 aliphatic carbocycles. The van der Waals surface area contributed by atoms with Crippen molar-refractivity contribution in [3.05, 3.63) is 34.9 Å². The molecule has 1 atom stereocenters. The van der Waals surface area contributed by atoms with Crippen LogP contribution in [0.15, 0.2) is 18.2 Å². The summed E-state index contributed by atoms with van der Waals surface area (Å²) in [7, 11) is 0. The van der Waals surface area contributed by atoms with Gasteiger partial charge >= 0.3 is 0 Å². The topological polar surface area (TPSA) is 90.5 Å². The van der Waals surface area contributed by atoms with E-state index >= 15 is 0 Å². The third kappa shape index (κ3) is 3.89. The first-order valence-corrected chi connectivity index (χ1v) is 9.79. The molecule has 3 heterocycles. The molecule has 1 aromatic rings. The summed E-state index contributed by atoms with van der Waals surface area (Å²) in [4.78, 5) is 37.9. The number of piperidine rings is 2. The van der Waals surface area contributed by atoms with E-state index in [0.29, 0.717) is 24.4 Å². The van der Waals surface area contributed by atoms with Crippen LogP contribution in [0, 0.1) is 5.92 Å². The van der Waals surface area contributed by atoms with Crippen LogP contribution >= 0.6 is 0 Å². The first-order valence-electron chi connectivity index (χ1n) is 9.79. The van der Waals surface area contributed by atoms with Crippen molar-refractivity contribution in [2.45, 2.75) is 44.8 Å². The van der Waals surface area contributed by atoms with Gasteiger partial charge in [0.25, 0.3) is 5.91 Å². The average molecular weight is 370 g/mol. The Hall–Kier alpha value is -2.25. The van der Waals surface area contributed by atoms with Crippen molar-refractivity contribution in [3.8, 4) is 0 Å². The summed E-state index contributed by atoms with van der Waals surface area (Å²) >= 11 is 0. The van der Waals surface area contributed by atoms with Crippen LogP contribution in [0.1, 0.15) is 47.2 Å². The third-order valence-electron chi connectivity index (χ3n) is 5.81. The molecule has 0 aromatic heterocycles. The standard InChI is InChI=1S/C20H26N4O3/c25-18-4-3-17(19(26)23-18)24-12-15-2-1-14(9-16(15)20(24)27)11-22-10-13-5-7-21-8-6-13/h1-2,9,13,17,21-22H,3-8,10-12H2,(H,23,25,26). The molecule has 7 heteroatoms. The molecule has 2 fully saturated rings. The lowest BCUT2D eigenvalue weighted by atomic mass is 9.98. The SMILES string of the molecule is O=C1CCC(N2Cc3ccc(CNCC4CCNCC4)cc3C2=O)C(=O)N1. The lowest BCUT2D eigenvalue weighted by molar-refractivity contribution is -0.136. The highest BCUT2D eigenvalue weighted by Crippen LogP contribution is 2.28. The number of nitrogens with one attached hydrogen (secondary N) is 3. The highest BCUT2D eigenvalue weighted by Gasteiger charge is 2.39. The molecule has 27 heavy (non-hydrogen) atoms. The van der Waals surface area contributed by atoms with Crippen molar-refractivity contribution < 1.29 is 14.4 Å². The zero-order chi connectivity index (χ0) is 18.8. The van der Waals surface area contributed by atoms with Crippen LogP contribution < -0.4 is 16.0 Å². The van der Waals surface area contributed by atoms with Gasteiger partial charge in [0.1, 0.15) is 6.04 Å². The van der Waals surface area contributed by atoms with Gasteiger partial charge < -0.3 is 15.5 Å². The number of hydrogen-bond acceptors (Lipinski definition) is 5. The lowest BCUT2D eigenvalue weighted by Gasteiger charge is -2.29. The zero-order valence-electron chi connectivity index (χ0n) is 15.4. The number of amides is 3. The molecule has 0 spiro atoms. The van der Waals surface area contributed by atoms with Gasteiger partial charge in [-0.05, 0) is 62.0 Å². The van der Waals surface area contributed by atoms with Gasteiger partial charge in [0.05, 0.1) is 0 Å². The number of fused-ring (bicyclic) bond motifs is 1. The molecule has 0 saturated carbocycles. The van der Waals surface area contributed by atoms with Crippen LogP contribution in [0.3, 0.4) is 0 Å². The summed E-state index contributed by atoms with van der Waals surface area (Å²) in [6.07, 6.45) is 3.09. The molecule has 1 unspecified atom stereocenters. The number of nitrogens with zero attached hydrogens (tertiary/aromatic N) is 1. The number of benzene rings is 1. The monoisotopic (exact) mass is 370 g/mol. The number of carbonyl (C=O) groups excluding carboxylic acids is 3. The molecule has 2 saturated heterocycles. The molecule has 0 bridgehead atoms. The van der Waals surface area contributed by atoms with E-state index in [2.05, 4.69) is 22.0 Å². The van der Waals surface area contributed by atoms with Crippen LogP contribution in [-0.4, -0.2) is 48.3 Å². The Bertz CT molecular complexity index is 758. The second-order valence-corrected chi connectivity index (χ2v) is 7.72. The fourth-order valence-electron chi connectivity index (χ4n) is 4.22. The number of imide groups is 1. The zero-order valence-corrected chi connectivity index (χ0v) is 15.4. The van der Waals surface area contributed by atoms with E-state index in [1.54, 1.807) is 4.90 Å². The minimum absolute atomic E-state index is 0.111. The minimum Gasteiger partial charge on any atom is -0.322 e. The Balaban J connectivity index is 1.37. The number of carbonyl (C=O) groups is 3. The van der Waals surface area contributed by atoms with Crippen LogP contribution in [0.5, 0.6) is 0 Å². The highest BCUT2D eigenvalue weighted by atomic mass is 16.2. The van der Waals surface area contributed by atoms with Gasteiger partial charge in [0.2, 0.25) is 11.8 Å². The van der Waals surface area contributed by atoms with E-state index in [1.807, 2.05) is 12.1 Å². The van der Waals surface area contributed by atoms with Crippen LogP contribution in [0.2, 0.25) is 0 Å². The fourth-order valence-corrected chi connectivity index (χ4v) is 4.22. The van der Waals surface area contributed by atoms with Gasteiger partial charge in [-0.3, -0.25) is 19.7 Å². The largest absolute Gasteiger partial charge is 0.322 e. The Morgan fingerprint density at radius 1 is 1.11 bits per heavy atom.